The minimum atomic E-state index is 0.0334. The molecule has 1 N–H and O–H groups in total. The van der Waals surface area contributed by atoms with Crippen molar-refractivity contribution < 1.29 is 4.79 Å². The van der Waals surface area contributed by atoms with Gasteiger partial charge in [-0.15, -0.1) is 0 Å². The monoisotopic (exact) mass is 310 g/mol. The summed E-state index contributed by atoms with van der Waals surface area (Å²) in [6, 6.07) is 12.2. The van der Waals surface area contributed by atoms with Crippen LogP contribution in [0, 0.1) is 6.92 Å². The maximum atomic E-state index is 12.3. The lowest BCUT2D eigenvalue weighted by molar-refractivity contribution is 0.0951. The highest BCUT2D eigenvalue weighted by atomic mass is 16.1. The molecule has 2 aromatic carbocycles. The van der Waals surface area contributed by atoms with Crippen molar-refractivity contribution >= 4 is 16.7 Å². The molecule has 1 heterocycles. The van der Waals surface area contributed by atoms with Crippen LogP contribution in [-0.2, 0) is 0 Å². The van der Waals surface area contributed by atoms with Crippen molar-refractivity contribution in [1.29, 1.82) is 0 Å². The van der Waals surface area contributed by atoms with E-state index in [4.69, 9.17) is 0 Å². The Balaban J connectivity index is 1.50. The first-order chi connectivity index (χ1) is 11.2. The summed E-state index contributed by atoms with van der Waals surface area (Å²) >= 11 is 0. The van der Waals surface area contributed by atoms with E-state index in [2.05, 4.69) is 35.3 Å². The van der Waals surface area contributed by atoms with Crippen molar-refractivity contribution in [3.63, 3.8) is 0 Å². The standard InChI is InChI=1S/C20H26N2O/c1-16-6-7-18-15-19(9-8-17(18)14-16)20(23)21-10-5-13-22-11-3-2-4-12-22/h6-9,14-15H,2-5,10-13H2,1H3,(H,21,23). The molecule has 0 bridgehead atoms. The Hall–Kier alpha value is -1.87. The lowest BCUT2D eigenvalue weighted by Gasteiger charge is -2.26. The fraction of sp³-hybridized carbons (Fsp3) is 0.450. The van der Waals surface area contributed by atoms with Crippen LogP contribution in [0.3, 0.4) is 0 Å². The Kier molecular flexibility index (Phi) is 5.29. The van der Waals surface area contributed by atoms with E-state index in [9.17, 15) is 4.79 Å². The molecule has 2 aromatic rings. The minimum absolute atomic E-state index is 0.0334. The Bertz CT molecular complexity index is 674. The fourth-order valence-electron chi connectivity index (χ4n) is 3.30. The number of aryl methyl sites for hydroxylation is 1. The molecule has 1 amide bonds. The van der Waals surface area contributed by atoms with Gasteiger partial charge in [0.15, 0.2) is 0 Å². The molecule has 3 rings (SSSR count). The third-order valence-corrected chi connectivity index (χ3v) is 4.64. The highest BCUT2D eigenvalue weighted by Crippen LogP contribution is 2.17. The van der Waals surface area contributed by atoms with Gasteiger partial charge in [0.05, 0.1) is 0 Å². The van der Waals surface area contributed by atoms with Crippen molar-refractivity contribution in [3.05, 3.63) is 47.5 Å². The van der Waals surface area contributed by atoms with Crippen LogP contribution in [0.2, 0.25) is 0 Å². The predicted octanol–water partition coefficient (Wildman–Crippen LogP) is 3.75. The zero-order valence-corrected chi connectivity index (χ0v) is 14.0. The Labute approximate surface area is 138 Å². The number of carbonyl (C=O) groups excluding carboxylic acids is 1. The molecule has 1 saturated heterocycles. The highest BCUT2D eigenvalue weighted by molar-refractivity contribution is 5.98. The van der Waals surface area contributed by atoms with Gasteiger partial charge in [0.1, 0.15) is 0 Å². The molecule has 0 spiro atoms. The minimum Gasteiger partial charge on any atom is -0.352 e. The molecule has 1 aliphatic heterocycles. The SMILES string of the molecule is Cc1ccc2cc(C(=O)NCCCN3CCCCC3)ccc2c1. The second-order valence-electron chi connectivity index (χ2n) is 6.58. The van der Waals surface area contributed by atoms with Crippen LogP contribution < -0.4 is 5.32 Å². The van der Waals surface area contributed by atoms with Crippen LogP contribution in [0.15, 0.2) is 36.4 Å². The van der Waals surface area contributed by atoms with Gasteiger partial charge >= 0.3 is 0 Å². The molecule has 3 heteroatoms. The van der Waals surface area contributed by atoms with Gasteiger partial charge in [-0.25, -0.2) is 0 Å². The normalized spacial score (nSPS) is 15.7. The van der Waals surface area contributed by atoms with Crippen molar-refractivity contribution in [2.75, 3.05) is 26.2 Å². The molecule has 1 fully saturated rings. The van der Waals surface area contributed by atoms with Crippen LogP contribution in [0.5, 0.6) is 0 Å². The number of benzene rings is 2. The van der Waals surface area contributed by atoms with Crippen molar-refractivity contribution in [1.82, 2.24) is 10.2 Å². The zero-order chi connectivity index (χ0) is 16.1. The van der Waals surface area contributed by atoms with E-state index >= 15 is 0 Å². The van der Waals surface area contributed by atoms with Gasteiger partial charge in [0.25, 0.3) is 5.91 Å². The summed E-state index contributed by atoms with van der Waals surface area (Å²) in [6.45, 7) is 6.37. The molecule has 0 unspecified atom stereocenters. The molecule has 1 aliphatic rings. The highest BCUT2D eigenvalue weighted by Gasteiger charge is 2.10. The lowest BCUT2D eigenvalue weighted by atomic mass is 10.0. The molecule has 0 aromatic heterocycles. The molecule has 0 radical (unpaired) electrons. The maximum Gasteiger partial charge on any atom is 0.251 e. The number of nitrogens with zero attached hydrogens (tertiary/aromatic N) is 1. The number of fused-ring (bicyclic) bond motifs is 1. The lowest BCUT2D eigenvalue weighted by Crippen LogP contribution is -2.33. The van der Waals surface area contributed by atoms with E-state index in [1.54, 1.807) is 0 Å². The molecular weight excluding hydrogens is 284 g/mol. The number of amides is 1. The molecule has 3 nitrogen and oxygen atoms in total. The van der Waals surface area contributed by atoms with Gasteiger partial charge in [-0.2, -0.15) is 0 Å². The Morgan fingerprint density at radius 1 is 1.04 bits per heavy atom. The third kappa shape index (κ3) is 4.32. The molecule has 122 valence electrons. The van der Waals surface area contributed by atoms with E-state index in [1.807, 2.05) is 18.2 Å². The molecular formula is C20H26N2O. The average Bonchev–Trinajstić information content (AvgIpc) is 2.59. The van der Waals surface area contributed by atoms with E-state index in [0.29, 0.717) is 0 Å². The zero-order valence-electron chi connectivity index (χ0n) is 14.0. The van der Waals surface area contributed by atoms with Crippen LogP contribution in [0.25, 0.3) is 10.8 Å². The predicted molar refractivity (Wildman–Crippen MR) is 95.9 cm³/mol. The summed E-state index contributed by atoms with van der Waals surface area (Å²) in [6.07, 6.45) is 5.04. The van der Waals surface area contributed by atoms with Crippen LogP contribution in [0.4, 0.5) is 0 Å². The van der Waals surface area contributed by atoms with Gasteiger partial charge in [-0.3, -0.25) is 4.79 Å². The maximum absolute atomic E-state index is 12.3. The molecule has 0 aliphatic carbocycles. The van der Waals surface area contributed by atoms with Crippen molar-refractivity contribution in [3.8, 4) is 0 Å². The number of hydrogen-bond acceptors (Lipinski definition) is 2. The number of hydrogen-bond donors (Lipinski definition) is 1. The van der Waals surface area contributed by atoms with Gasteiger partial charge in [0.2, 0.25) is 0 Å². The summed E-state index contributed by atoms with van der Waals surface area (Å²) in [7, 11) is 0. The summed E-state index contributed by atoms with van der Waals surface area (Å²) in [5, 5.41) is 5.36. The average molecular weight is 310 g/mol. The molecule has 0 atom stereocenters. The molecule has 23 heavy (non-hydrogen) atoms. The first kappa shape index (κ1) is 16.0. The molecule has 0 saturated carbocycles. The smallest absolute Gasteiger partial charge is 0.251 e. The number of piperidine rings is 1. The second kappa shape index (κ2) is 7.60. The number of carbonyl (C=O) groups is 1. The summed E-state index contributed by atoms with van der Waals surface area (Å²) in [5.74, 6) is 0.0334. The summed E-state index contributed by atoms with van der Waals surface area (Å²) < 4.78 is 0. The topological polar surface area (TPSA) is 32.3 Å². The second-order valence-corrected chi connectivity index (χ2v) is 6.58. The van der Waals surface area contributed by atoms with Crippen LogP contribution in [-0.4, -0.2) is 37.0 Å². The first-order valence-corrected chi connectivity index (χ1v) is 8.73. The fourth-order valence-corrected chi connectivity index (χ4v) is 3.30. The van der Waals surface area contributed by atoms with Crippen LogP contribution >= 0.6 is 0 Å². The number of nitrogens with one attached hydrogen (secondary N) is 1. The summed E-state index contributed by atoms with van der Waals surface area (Å²) in [5.41, 5.74) is 1.99. The Morgan fingerprint density at radius 2 is 1.78 bits per heavy atom. The van der Waals surface area contributed by atoms with E-state index in [-0.39, 0.29) is 5.91 Å². The van der Waals surface area contributed by atoms with Crippen molar-refractivity contribution in [2.45, 2.75) is 32.6 Å². The van der Waals surface area contributed by atoms with E-state index in [1.165, 1.54) is 43.3 Å². The van der Waals surface area contributed by atoms with Gasteiger partial charge < -0.3 is 10.2 Å². The largest absolute Gasteiger partial charge is 0.352 e. The van der Waals surface area contributed by atoms with E-state index in [0.717, 1.165) is 30.5 Å². The van der Waals surface area contributed by atoms with Gasteiger partial charge in [0, 0.05) is 12.1 Å². The van der Waals surface area contributed by atoms with Crippen molar-refractivity contribution in [2.24, 2.45) is 0 Å². The number of rotatable bonds is 5. The van der Waals surface area contributed by atoms with Gasteiger partial charge in [-0.05, 0) is 68.7 Å². The summed E-state index contributed by atoms with van der Waals surface area (Å²) in [4.78, 5) is 14.8. The quantitative estimate of drug-likeness (QED) is 0.853. The van der Waals surface area contributed by atoms with E-state index < -0.39 is 0 Å². The van der Waals surface area contributed by atoms with Gasteiger partial charge in [-0.1, -0.05) is 36.2 Å². The first-order valence-electron chi connectivity index (χ1n) is 8.73. The Morgan fingerprint density at radius 3 is 2.61 bits per heavy atom. The third-order valence-electron chi connectivity index (χ3n) is 4.64. The number of likely N-dealkylation sites (tertiary alicyclic amines) is 1. The van der Waals surface area contributed by atoms with Crippen LogP contribution in [0.1, 0.15) is 41.6 Å².